The Morgan fingerprint density at radius 2 is 1.71 bits per heavy atom. The van der Waals surface area contributed by atoms with Crippen molar-refractivity contribution in [3.63, 3.8) is 0 Å². The van der Waals surface area contributed by atoms with Crippen LogP contribution in [0.5, 0.6) is 0 Å². The van der Waals surface area contributed by atoms with Crippen molar-refractivity contribution in [2.45, 2.75) is 17.9 Å². The Morgan fingerprint density at radius 3 is 2.33 bits per heavy atom. The highest BCUT2D eigenvalue weighted by Crippen LogP contribution is 2.24. The minimum Gasteiger partial charge on any atom is -0.394 e. The number of anilines is 1. The molecule has 0 radical (unpaired) electrons. The molecule has 0 aromatic heterocycles. The highest BCUT2D eigenvalue weighted by molar-refractivity contribution is 7.89. The average molecular weight is 312 g/mol. The van der Waals surface area contributed by atoms with Crippen LogP contribution in [0, 0.1) is 11.6 Å². The number of benzene rings is 2. The van der Waals surface area contributed by atoms with E-state index >= 15 is 0 Å². The molecule has 21 heavy (non-hydrogen) atoms. The first-order valence-electron chi connectivity index (χ1n) is 6.13. The molecule has 0 saturated carbocycles. The molecule has 112 valence electrons. The van der Waals surface area contributed by atoms with Crippen LogP contribution in [0.15, 0.2) is 47.4 Å². The lowest BCUT2D eigenvalue weighted by Crippen LogP contribution is -2.28. The van der Waals surface area contributed by atoms with Crippen molar-refractivity contribution in [2.24, 2.45) is 0 Å². The maximum absolute atomic E-state index is 13.8. The van der Waals surface area contributed by atoms with Crippen molar-refractivity contribution in [3.05, 3.63) is 59.7 Å². The number of sulfonamides is 1. The molecule has 3 N–H and O–H groups in total. The van der Waals surface area contributed by atoms with Gasteiger partial charge in [-0.2, -0.15) is 0 Å². The molecular formula is C14H14F2N2O2S. The standard InChI is InChI=1S/C14H14F2N2O2S/c1-9(10-5-3-2-4-6-10)18-21(19,20)12-8-7-11(15)14(17)13(12)16/h2-9,18H,17H2,1H3/t9-/m1/s1. The van der Waals surface area contributed by atoms with Gasteiger partial charge in [0.2, 0.25) is 10.0 Å². The molecule has 4 nitrogen and oxygen atoms in total. The van der Waals surface area contributed by atoms with E-state index in [1.807, 2.05) is 0 Å². The van der Waals surface area contributed by atoms with E-state index in [4.69, 9.17) is 5.73 Å². The van der Waals surface area contributed by atoms with Gasteiger partial charge in [0.1, 0.15) is 16.4 Å². The van der Waals surface area contributed by atoms with Crippen LogP contribution in [0.25, 0.3) is 0 Å². The van der Waals surface area contributed by atoms with Gasteiger partial charge in [-0.15, -0.1) is 0 Å². The van der Waals surface area contributed by atoms with Crippen LogP contribution >= 0.6 is 0 Å². The Morgan fingerprint density at radius 1 is 1.10 bits per heavy atom. The predicted molar refractivity (Wildman–Crippen MR) is 75.9 cm³/mol. The van der Waals surface area contributed by atoms with Gasteiger partial charge in [-0.3, -0.25) is 0 Å². The lowest BCUT2D eigenvalue weighted by molar-refractivity contribution is 0.540. The lowest BCUT2D eigenvalue weighted by Gasteiger charge is -2.15. The Kier molecular flexibility index (Phi) is 4.24. The third-order valence-electron chi connectivity index (χ3n) is 3.01. The molecule has 7 heteroatoms. The smallest absolute Gasteiger partial charge is 0.244 e. The van der Waals surface area contributed by atoms with Crippen molar-refractivity contribution in [1.82, 2.24) is 4.72 Å². The highest BCUT2D eigenvalue weighted by atomic mass is 32.2. The molecule has 0 aliphatic carbocycles. The summed E-state index contributed by atoms with van der Waals surface area (Å²) in [6, 6.07) is 9.90. The maximum atomic E-state index is 13.8. The molecule has 2 rings (SSSR count). The summed E-state index contributed by atoms with van der Waals surface area (Å²) in [5, 5.41) is 0. The second-order valence-corrected chi connectivity index (χ2v) is 6.21. The van der Waals surface area contributed by atoms with Gasteiger partial charge in [0, 0.05) is 6.04 Å². The molecule has 2 aromatic carbocycles. The van der Waals surface area contributed by atoms with Crippen molar-refractivity contribution >= 4 is 15.7 Å². The molecule has 0 spiro atoms. The first kappa shape index (κ1) is 15.4. The number of nitrogens with two attached hydrogens (primary N) is 1. The van der Waals surface area contributed by atoms with Gasteiger partial charge in [0.25, 0.3) is 0 Å². The number of rotatable bonds is 4. The predicted octanol–water partition coefficient (Wildman–Crippen LogP) is 2.59. The third-order valence-corrected chi connectivity index (χ3v) is 4.57. The van der Waals surface area contributed by atoms with Crippen LogP contribution in [0.2, 0.25) is 0 Å². The third kappa shape index (κ3) is 3.20. The summed E-state index contributed by atoms with van der Waals surface area (Å²) in [6.45, 7) is 1.62. The zero-order chi connectivity index (χ0) is 15.6. The number of hydrogen-bond acceptors (Lipinski definition) is 3. The molecule has 0 unspecified atom stereocenters. The van der Waals surface area contributed by atoms with Gasteiger partial charge in [-0.1, -0.05) is 30.3 Å². The first-order valence-corrected chi connectivity index (χ1v) is 7.62. The van der Waals surface area contributed by atoms with Crippen LogP contribution in [0.1, 0.15) is 18.5 Å². The van der Waals surface area contributed by atoms with Gasteiger partial charge in [0.05, 0.1) is 0 Å². The molecule has 0 aliphatic rings. The van der Waals surface area contributed by atoms with Crippen LogP contribution in [0.3, 0.4) is 0 Å². The van der Waals surface area contributed by atoms with E-state index in [0.29, 0.717) is 0 Å². The zero-order valence-electron chi connectivity index (χ0n) is 11.2. The monoisotopic (exact) mass is 312 g/mol. The van der Waals surface area contributed by atoms with E-state index in [-0.39, 0.29) is 0 Å². The summed E-state index contributed by atoms with van der Waals surface area (Å²) in [5.41, 5.74) is 5.08. The summed E-state index contributed by atoms with van der Waals surface area (Å²) >= 11 is 0. The Hall–Kier alpha value is -1.99. The van der Waals surface area contributed by atoms with Crippen LogP contribution in [0.4, 0.5) is 14.5 Å². The minimum absolute atomic E-state index is 0.568. The quantitative estimate of drug-likeness (QED) is 0.852. The number of nitrogens with one attached hydrogen (secondary N) is 1. The Bertz CT molecular complexity index is 749. The summed E-state index contributed by atoms with van der Waals surface area (Å²) in [4.78, 5) is -0.677. The fourth-order valence-electron chi connectivity index (χ4n) is 1.86. The Labute approximate surface area is 121 Å². The maximum Gasteiger partial charge on any atom is 0.244 e. The topological polar surface area (TPSA) is 72.2 Å². The minimum atomic E-state index is -4.15. The molecule has 0 aliphatic heterocycles. The number of hydrogen-bond donors (Lipinski definition) is 2. The van der Waals surface area contributed by atoms with Crippen LogP contribution in [-0.2, 0) is 10.0 Å². The number of halogens is 2. The fourth-order valence-corrected chi connectivity index (χ4v) is 3.18. The van der Waals surface area contributed by atoms with Crippen LogP contribution in [-0.4, -0.2) is 8.42 Å². The SMILES string of the molecule is C[C@@H](NS(=O)(=O)c1ccc(F)c(N)c1F)c1ccccc1. The normalized spacial score (nSPS) is 13.1. The van der Waals surface area contributed by atoms with Crippen molar-refractivity contribution in [1.29, 1.82) is 0 Å². The number of nitrogen functional groups attached to an aromatic ring is 1. The lowest BCUT2D eigenvalue weighted by atomic mass is 10.1. The first-order chi connectivity index (χ1) is 9.83. The van der Waals surface area contributed by atoms with E-state index in [0.717, 1.165) is 17.7 Å². The van der Waals surface area contributed by atoms with Crippen molar-refractivity contribution in [2.75, 3.05) is 5.73 Å². The molecule has 0 saturated heterocycles. The van der Waals surface area contributed by atoms with E-state index in [2.05, 4.69) is 4.72 Å². The van der Waals surface area contributed by atoms with Gasteiger partial charge in [0.15, 0.2) is 5.82 Å². The molecule has 1 atom stereocenters. The van der Waals surface area contributed by atoms with Gasteiger partial charge < -0.3 is 5.73 Å². The largest absolute Gasteiger partial charge is 0.394 e. The molecular weight excluding hydrogens is 298 g/mol. The molecule has 0 amide bonds. The van der Waals surface area contributed by atoms with Gasteiger partial charge in [-0.05, 0) is 24.6 Å². The molecule has 0 bridgehead atoms. The summed E-state index contributed by atoms with van der Waals surface area (Å²) in [6.07, 6.45) is 0. The van der Waals surface area contributed by atoms with Crippen LogP contribution < -0.4 is 10.5 Å². The highest BCUT2D eigenvalue weighted by Gasteiger charge is 2.24. The van der Waals surface area contributed by atoms with Gasteiger partial charge in [-0.25, -0.2) is 21.9 Å². The summed E-state index contributed by atoms with van der Waals surface area (Å²) in [5.74, 6) is -2.29. The summed E-state index contributed by atoms with van der Waals surface area (Å²) in [7, 11) is -4.15. The van der Waals surface area contributed by atoms with Crippen molar-refractivity contribution < 1.29 is 17.2 Å². The Balaban J connectivity index is 2.33. The molecule has 2 aromatic rings. The van der Waals surface area contributed by atoms with Gasteiger partial charge >= 0.3 is 0 Å². The second kappa shape index (κ2) is 5.79. The summed E-state index contributed by atoms with van der Waals surface area (Å²) < 4.78 is 53.6. The van der Waals surface area contributed by atoms with E-state index in [1.54, 1.807) is 37.3 Å². The van der Waals surface area contributed by atoms with E-state index in [9.17, 15) is 17.2 Å². The van der Waals surface area contributed by atoms with E-state index < -0.39 is 38.3 Å². The van der Waals surface area contributed by atoms with Crippen molar-refractivity contribution in [3.8, 4) is 0 Å². The molecule has 0 heterocycles. The average Bonchev–Trinajstić information content (AvgIpc) is 2.45. The zero-order valence-corrected chi connectivity index (χ0v) is 12.0. The van der Waals surface area contributed by atoms with E-state index in [1.165, 1.54) is 0 Å². The second-order valence-electron chi connectivity index (χ2n) is 4.53. The fraction of sp³-hybridized carbons (Fsp3) is 0.143. The molecule has 0 fully saturated rings.